The smallest absolute Gasteiger partial charge is 0.266 e. The monoisotopic (exact) mass is 553 g/mol. The predicted octanol–water partition coefficient (Wildman–Crippen LogP) is 7.63. The minimum absolute atomic E-state index is 0.00244. The molecule has 0 bridgehead atoms. The Balaban J connectivity index is 1.56. The van der Waals surface area contributed by atoms with Gasteiger partial charge in [-0.25, -0.2) is 8.78 Å². The molecule has 1 aliphatic carbocycles. The van der Waals surface area contributed by atoms with E-state index in [4.69, 9.17) is 11.6 Å². The van der Waals surface area contributed by atoms with Gasteiger partial charge in [-0.15, -0.1) is 11.3 Å². The summed E-state index contributed by atoms with van der Waals surface area (Å²) in [5.41, 5.74) is 4.31. The third kappa shape index (κ3) is 5.20. The number of nitrogens with one attached hydrogen (secondary N) is 1. The van der Waals surface area contributed by atoms with E-state index in [0.717, 1.165) is 77.8 Å². The Morgan fingerprint density at radius 3 is 2.39 bits per heavy atom. The largest absolute Gasteiger partial charge is 0.331 e. The Hall–Kier alpha value is -2.87. The number of fused-ring (bicyclic) bond motifs is 1. The number of carbonyl (C=O) groups is 1. The molecule has 1 fully saturated rings. The van der Waals surface area contributed by atoms with Crippen molar-refractivity contribution in [3.63, 3.8) is 0 Å². The molecule has 0 unspecified atom stereocenters. The molecule has 0 aliphatic heterocycles. The molecule has 2 aromatic carbocycles. The molecule has 0 radical (unpaired) electrons. The van der Waals surface area contributed by atoms with Gasteiger partial charge in [0.2, 0.25) is 0 Å². The Labute approximate surface area is 230 Å². The van der Waals surface area contributed by atoms with E-state index in [-0.39, 0.29) is 31.9 Å². The summed E-state index contributed by atoms with van der Waals surface area (Å²) in [6.45, 7) is 2.50. The fraction of sp³-hybridized carbons (Fsp3) is 0.333. The Kier molecular flexibility index (Phi) is 8.07. The van der Waals surface area contributed by atoms with Gasteiger partial charge in [0.15, 0.2) is 0 Å². The van der Waals surface area contributed by atoms with E-state index < -0.39 is 11.6 Å². The number of amides is 1. The summed E-state index contributed by atoms with van der Waals surface area (Å²) in [5, 5.41) is 3.31. The normalized spacial score (nSPS) is 17.6. The summed E-state index contributed by atoms with van der Waals surface area (Å²) in [6, 6.07) is 12.8. The maximum atomic E-state index is 14.6. The molecule has 38 heavy (non-hydrogen) atoms. The van der Waals surface area contributed by atoms with E-state index in [1.807, 2.05) is 24.1 Å². The number of aryl methyl sites for hydroxylation is 1. The van der Waals surface area contributed by atoms with E-state index in [2.05, 4.69) is 35.4 Å². The van der Waals surface area contributed by atoms with Crippen LogP contribution in [0.4, 0.5) is 8.78 Å². The van der Waals surface area contributed by atoms with Gasteiger partial charge in [0.25, 0.3) is 5.91 Å². The average molecular weight is 554 g/mol. The molecular formula is C30H30ClF2N3OS. The molecule has 4 nitrogen and oxygen atoms in total. The van der Waals surface area contributed by atoms with E-state index in [0.29, 0.717) is 12.6 Å². The summed E-state index contributed by atoms with van der Waals surface area (Å²) in [6.07, 6.45) is 7.93. The van der Waals surface area contributed by atoms with Gasteiger partial charge < -0.3 is 10.2 Å². The molecule has 0 spiro atoms. The van der Waals surface area contributed by atoms with Crippen LogP contribution in [0.25, 0.3) is 21.2 Å². The van der Waals surface area contributed by atoms with Crippen LogP contribution in [-0.2, 0) is 13.0 Å². The first kappa shape index (κ1) is 26.7. The summed E-state index contributed by atoms with van der Waals surface area (Å²) in [4.78, 5) is 20.3. The zero-order valence-electron chi connectivity index (χ0n) is 21.4. The number of hydrogen-bond donors (Lipinski definition) is 1. The molecule has 1 N–H and O–H groups in total. The van der Waals surface area contributed by atoms with Gasteiger partial charge in [-0.1, -0.05) is 30.7 Å². The van der Waals surface area contributed by atoms with E-state index in [9.17, 15) is 13.6 Å². The Bertz CT molecular complexity index is 1450. The summed E-state index contributed by atoms with van der Waals surface area (Å²) < 4.78 is 29.2. The van der Waals surface area contributed by atoms with Crippen LogP contribution in [0.15, 0.2) is 54.9 Å². The second-order valence-corrected chi connectivity index (χ2v) is 11.2. The highest BCUT2D eigenvalue weighted by Gasteiger charge is 2.32. The lowest BCUT2D eigenvalue weighted by Crippen LogP contribution is -2.44. The van der Waals surface area contributed by atoms with E-state index in [1.165, 1.54) is 0 Å². The molecule has 8 heteroatoms. The summed E-state index contributed by atoms with van der Waals surface area (Å²) in [5.74, 6) is -1.48. The number of halogens is 3. The average Bonchev–Trinajstić information content (AvgIpc) is 3.32. The van der Waals surface area contributed by atoms with Crippen molar-refractivity contribution in [2.45, 2.75) is 57.7 Å². The first-order valence-corrected chi connectivity index (χ1v) is 14.2. The van der Waals surface area contributed by atoms with Crippen LogP contribution in [0.5, 0.6) is 0 Å². The zero-order valence-corrected chi connectivity index (χ0v) is 23.0. The maximum Gasteiger partial charge on any atom is 0.266 e. The highest BCUT2D eigenvalue weighted by atomic mass is 35.5. The number of aromatic nitrogens is 1. The van der Waals surface area contributed by atoms with Crippen LogP contribution in [-0.4, -0.2) is 34.9 Å². The number of thiophene rings is 1. The minimum Gasteiger partial charge on any atom is -0.331 e. The summed E-state index contributed by atoms with van der Waals surface area (Å²) >= 11 is 7.50. The fourth-order valence-corrected chi connectivity index (χ4v) is 6.94. The van der Waals surface area contributed by atoms with Gasteiger partial charge in [0, 0.05) is 31.0 Å². The molecule has 5 rings (SSSR count). The van der Waals surface area contributed by atoms with Crippen molar-refractivity contribution in [2.24, 2.45) is 0 Å². The van der Waals surface area contributed by atoms with Crippen LogP contribution in [0.2, 0.25) is 5.02 Å². The van der Waals surface area contributed by atoms with Crippen molar-refractivity contribution < 1.29 is 13.6 Å². The molecule has 4 aromatic rings. The number of hydrogen-bond acceptors (Lipinski definition) is 4. The first-order chi connectivity index (χ1) is 18.4. The molecular weight excluding hydrogens is 524 g/mol. The van der Waals surface area contributed by atoms with Crippen molar-refractivity contribution in [3.05, 3.63) is 87.5 Å². The molecule has 2 aromatic heterocycles. The predicted molar refractivity (Wildman–Crippen MR) is 151 cm³/mol. The van der Waals surface area contributed by atoms with Crippen LogP contribution >= 0.6 is 22.9 Å². The maximum absolute atomic E-state index is 14.6. The lowest BCUT2D eigenvalue weighted by Gasteiger charge is -2.37. The van der Waals surface area contributed by atoms with Crippen LogP contribution < -0.4 is 5.32 Å². The molecule has 0 saturated heterocycles. The quantitative estimate of drug-likeness (QED) is 0.256. The van der Waals surface area contributed by atoms with E-state index in [1.54, 1.807) is 12.4 Å². The van der Waals surface area contributed by atoms with Gasteiger partial charge in [-0.3, -0.25) is 9.78 Å². The number of benzene rings is 2. The van der Waals surface area contributed by atoms with Gasteiger partial charge in [0.05, 0.1) is 15.1 Å². The van der Waals surface area contributed by atoms with Crippen molar-refractivity contribution in [1.82, 2.24) is 15.2 Å². The molecule has 0 atom stereocenters. The topological polar surface area (TPSA) is 45.2 Å². The number of pyridine rings is 1. The van der Waals surface area contributed by atoms with Gasteiger partial charge in [0.1, 0.15) is 16.5 Å². The lowest BCUT2D eigenvalue weighted by molar-refractivity contribution is 0.0606. The van der Waals surface area contributed by atoms with E-state index >= 15 is 0 Å². The highest BCUT2D eigenvalue weighted by Crippen LogP contribution is 2.40. The highest BCUT2D eigenvalue weighted by molar-refractivity contribution is 7.21. The molecule has 1 saturated carbocycles. The summed E-state index contributed by atoms with van der Waals surface area (Å²) in [7, 11) is 1.96. The zero-order chi connectivity index (χ0) is 26.8. The second-order valence-electron chi connectivity index (χ2n) is 9.78. The Morgan fingerprint density at radius 2 is 1.74 bits per heavy atom. The SMILES string of the molecule is CCc1ccc(-c2ccncc2)cc1CN(C(=O)c1sc2c(F)ccc(F)c2c1Cl)[C@H]1CC[C@@H](NC)CC1. The van der Waals surface area contributed by atoms with Gasteiger partial charge in [-0.2, -0.15) is 0 Å². The van der Waals surface area contributed by atoms with Crippen LogP contribution in [0, 0.1) is 11.6 Å². The third-order valence-electron chi connectivity index (χ3n) is 7.62. The number of carbonyl (C=O) groups excluding carboxylic acids is 1. The number of nitrogens with zero attached hydrogens (tertiary/aromatic N) is 2. The molecule has 198 valence electrons. The second kappa shape index (κ2) is 11.5. The van der Waals surface area contributed by atoms with Crippen molar-refractivity contribution in [2.75, 3.05) is 7.05 Å². The fourth-order valence-electron chi connectivity index (χ4n) is 5.43. The third-order valence-corrected chi connectivity index (χ3v) is 9.30. The van der Waals surface area contributed by atoms with Crippen LogP contribution in [0.1, 0.15) is 53.4 Å². The molecule has 1 aliphatic rings. The van der Waals surface area contributed by atoms with Crippen molar-refractivity contribution >= 4 is 38.9 Å². The van der Waals surface area contributed by atoms with Gasteiger partial charge >= 0.3 is 0 Å². The Morgan fingerprint density at radius 1 is 1.03 bits per heavy atom. The van der Waals surface area contributed by atoms with Gasteiger partial charge in [-0.05, 0) is 91.7 Å². The van der Waals surface area contributed by atoms with Crippen molar-refractivity contribution in [1.29, 1.82) is 0 Å². The molecule has 1 amide bonds. The molecule has 2 heterocycles. The first-order valence-electron chi connectivity index (χ1n) is 13.0. The standard InChI is InChI=1S/C30H30ClF2N3OS/c1-3-18-4-5-20(19-12-14-35-15-13-19)16-21(18)17-36(23-8-6-22(34-2)7-9-23)30(37)29-27(31)26-24(32)10-11-25(33)28(26)38-29/h4-5,10-16,22-23,34H,3,6-9,17H2,1-2H3/t22-,23+. The van der Waals surface area contributed by atoms with Crippen molar-refractivity contribution in [3.8, 4) is 11.1 Å². The lowest BCUT2D eigenvalue weighted by atomic mass is 9.89. The van der Waals surface area contributed by atoms with Crippen LogP contribution in [0.3, 0.4) is 0 Å². The number of rotatable bonds is 7. The minimum atomic E-state index is -0.624.